The highest BCUT2D eigenvalue weighted by Gasteiger charge is 2.28. The van der Waals surface area contributed by atoms with Gasteiger partial charge in [0.15, 0.2) is 17.5 Å². The highest BCUT2D eigenvalue weighted by atomic mass is 16.6. The normalized spacial score (nSPS) is 20.6. The van der Waals surface area contributed by atoms with Crippen molar-refractivity contribution in [2.75, 3.05) is 13.2 Å². The number of esters is 1. The SMILES string of the molecule is CCOc1ccccc1OC(=O)[C@H]1CC[C@H](CNC(=N)N)CC1. The number of rotatable bonds is 6. The van der Waals surface area contributed by atoms with E-state index in [9.17, 15) is 4.79 Å². The van der Waals surface area contributed by atoms with E-state index < -0.39 is 0 Å². The molecule has 0 radical (unpaired) electrons. The summed E-state index contributed by atoms with van der Waals surface area (Å²) in [6.07, 6.45) is 3.49. The minimum atomic E-state index is -0.185. The predicted octanol–water partition coefficient (Wildman–Crippen LogP) is 2.28. The van der Waals surface area contributed by atoms with E-state index in [1.807, 2.05) is 19.1 Å². The number of hydrogen-bond donors (Lipinski definition) is 3. The zero-order chi connectivity index (χ0) is 16.7. The molecule has 23 heavy (non-hydrogen) atoms. The molecule has 0 amide bonds. The van der Waals surface area contributed by atoms with Crippen LogP contribution in [0.15, 0.2) is 24.3 Å². The van der Waals surface area contributed by atoms with Gasteiger partial charge < -0.3 is 20.5 Å². The highest BCUT2D eigenvalue weighted by molar-refractivity contribution is 5.76. The van der Waals surface area contributed by atoms with Crippen LogP contribution in [0.4, 0.5) is 0 Å². The Hall–Kier alpha value is -2.24. The van der Waals surface area contributed by atoms with Gasteiger partial charge in [0, 0.05) is 6.54 Å². The Bertz CT molecular complexity index is 540. The van der Waals surface area contributed by atoms with Gasteiger partial charge in [-0.25, -0.2) is 0 Å². The number of nitrogens with two attached hydrogens (primary N) is 1. The van der Waals surface area contributed by atoms with Crippen LogP contribution in [0.2, 0.25) is 0 Å². The maximum atomic E-state index is 12.3. The molecule has 1 saturated carbocycles. The summed E-state index contributed by atoms with van der Waals surface area (Å²) in [5.41, 5.74) is 5.30. The van der Waals surface area contributed by atoms with Crippen molar-refractivity contribution in [2.45, 2.75) is 32.6 Å². The third kappa shape index (κ3) is 5.16. The predicted molar refractivity (Wildman–Crippen MR) is 88.6 cm³/mol. The Kier molecular flexibility index (Phi) is 6.26. The minimum absolute atomic E-state index is 0.000866. The summed E-state index contributed by atoms with van der Waals surface area (Å²) in [4.78, 5) is 12.3. The van der Waals surface area contributed by atoms with E-state index in [4.69, 9.17) is 20.6 Å². The fourth-order valence-corrected chi connectivity index (χ4v) is 2.86. The zero-order valence-electron chi connectivity index (χ0n) is 13.5. The standard InChI is InChI=1S/C17H25N3O3/c1-2-22-14-5-3-4-6-15(14)23-16(21)13-9-7-12(8-10-13)11-20-17(18)19/h3-6,12-13H,2,7-11H2,1H3,(H4,18,19,20)/t12-,13-. The number of carbonyl (C=O) groups excluding carboxylic acids is 1. The third-order valence-electron chi connectivity index (χ3n) is 4.12. The molecule has 0 aliphatic heterocycles. The molecule has 0 heterocycles. The first kappa shape index (κ1) is 17.1. The quantitative estimate of drug-likeness (QED) is 0.323. The van der Waals surface area contributed by atoms with Crippen LogP contribution in [0.25, 0.3) is 0 Å². The molecule has 6 nitrogen and oxygen atoms in total. The lowest BCUT2D eigenvalue weighted by Crippen LogP contribution is -2.36. The van der Waals surface area contributed by atoms with Gasteiger partial charge in [-0.3, -0.25) is 10.2 Å². The molecule has 1 fully saturated rings. The van der Waals surface area contributed by atoms with Crippen LogP contribution in [0.5, 0.6) is 11.5 Å². The van der Waals surface area contributed by atoms with Gasteiger partial charge in [-0.05, 0) is 50.7 Å². The average molecular weight is 319 g/mol. The van der Waals surface area contributed by atoms with Crippen LogP contribution in [0.1, 0.15) is 32.6 Å². The molecule has 0 saturated heterocycles. The Morgan fingerprint density at radius 3 is 2.52 bits per heavy atom. The lowest BCUT2D eigenvalue weighted by molar-refractivity contribution is -0.140. The van der Waals surface area contributed by atoms with Crippen molar-refractivity contribution >= 4 is 11.9 Å². The number of benzene rings is 1. The van der Waals surface area contributed by atoms with Gasteiger partial charge in [0.1, 0.15) is 0 Å². The summed E-state index contributed by atoms with van der Waals surface area (Å²) >= 11 is 0. The van der Waals surface area contributed by atoms with Crippen LogP contribution >= 0.6 is 0 Å². The van der Waals surface area contributed by atoms with Crippen LogP contribution in [0, 0.1) is 17.2 Å². The summed E-state index contributed by atoms with van der Waals surface area (Å²) in [5, 5.41) is 10.0. The number of carbonyl (C=O) groups is 1. The van der Waals surface area contributed by atoms with Crippen LogP contribution in [0.3, 0.4) is 0 Å². The molecule has 0 spiro atoms. The van der Waals surface area contributed by atoms with Crippen LogP contribution < -0.4 is 20.5 Å². The first-order valence-electron chi connectivity index (χ1n) is 8.11. The first-order valence-corrected chi connectivity index (χ1v) is 8.11. The Morgan fingerprint density at radius 2 is 1.91 bits per heavy atom. The Labute approximate surface area is 136 Å². The number of ether oxygens (including phenoxy) is 2. The fraction of sp³-hybridized carbons (Fsp3) is 0.529. The van der Waals surface area contributed by atoms with Crippen molar-refractivity contribution in [3.05, 3.63) is 24.3 Å². The molecule has 4 N–H and O–H groups in total. The lowest BCUT2D eigenvalue weighted by Gasteiger charge is -2.27. The van der Waals surface area contributed by atoms with Crippen LogP contribution in [-0.2, 0) is 4.79 Å². The largest absolute Gasteiger partial charge is 0.490 e. The molecule has 1 aliphatic carbocycles. The van der Waals surface area contributed by atoms with Gasteiger partial charge in [-0.15, -0.1) is 0 Å². The van der Waals surface area contributed by atoms with E-state index in [-0.39, 0.29) is 17.8 Å². The van der Waals surface area contributed by atoms with E-state index in [0.29, 0.717) is 30.6 Å². The molecule has 126 valence electrons. The monoisotopic (exact) mass is 319 g/mol. The van der Waals surface area contributed by atoms with Crippen molar-refractivity contribution in [1.29, 1.82) is 5.41 Å². The molecule has 6 heteroatoms. The molecule has 1 aromatic rings. The van der Waals surface area contributed by atoms with E-state index in [1.165, 1.54) is 0 Å². The molecule has 0 aromatic heterocycles. The molecule has 0 atom stereocenters. The van der Waals surface area contributed by atoms with Crippen molar-refractivity contribution in [1.82, 2.24) is 5.32 Å². The second-order valence-corrected chi connectivity index (χ2v) is 5.81. The average Bonchev–Trinajstić information content (AvgIpc) is 2.55. The number of guanidine groups is 1. The van der Waals surface area contributed by atoms with Gasteiger partial charge in [0.25, 0.3) is 0 Å². The van der Waals surface area contributed by atoms with E-state index in [0.717, 1.165) is 25.7 Å². The van der Waals surface area contributed by atoms with Gasteiger partial charge in [0.05, 0.1) is 12.5 Å². The summed E-state index contributed by atoms with van der Waals surface area (Å²) < 4.78 is 11.0. The third-order valence-corrected chi connectivity index (χ3v) is 4.12. The van der Waals surface area contributed by atoms with Gasteiger partial charge in [-0.2, -0.15) is 0 Å². The first-order chi connectivity index (χ1) is 11.1. The zero-order valence-corrected chi connectivity index (χ0v) is 13.5. The molecular weight excluding hydrogens is 294 g/mol. The highest BCUT2D eigenvalue weighted by Crippen LogP contribution is 2.32. The van der Waals surface area contributed by atoms with E-state index in [2.05, 4.69) is 5.32 Å². The molecule has 2 rings (SSSR count). The van der Waals surface area contributed by atoms with Crippen molar-refractivity contribution in [3.8, 4) is 11.5 Å². The maximum absolute atomic E-state index is 12.3. The number of para-hydroxylation sites is 2. The second-order valence-electron chi connectivity index (χ2n) is 5.81. The molecule has 0 bridgehead atoms. The van der Waals surface area contributed by atoms with Crippen molar-refractivity contribution in [3.63, 3.8) is 0 Å². The van der Waals surface area contributed by atoms with E-state index in [1.54, 1.807) is 12.1 Å². The maximum Gasteiger partial charge on any atom is 0.314 e. The van der Waals surface area contributed by atoms with Crippen molar-refractivity contribution in [2.24, 2.45) is 17.6 Å². The number of nitrogens with one attached hydrogen (secondary N) is 2. The summed E-state index contributed by atoms with van der Waals surface area (Å²) in [7, 11) is 0. The molecule has 0 unspecified atom stereocenters. The summed E-state index contributed by atoms with van der Waals surface area (Å²) in [6, 6.07) is 7.24. The molecule has 1 aliphatic rings. The molecular formula is C17H25N3O3. The summed E-state index contributed by atoms with van der Waals surface area (Å²) in [5.74, 6) is 1.29. The topological polar surface area (TPSA) is 97.4 Å². The van der Waals surface area contributed by atoms with Gasteiger partial charge in [-0.1, -0.05) is 12.1 Å². The Balaban J connectivity index is 1.85. The van der Waals surface area contributed by atoms with Gasteiger partial charge in [0.2, 0.25) is 0 Å². The smallest absolute Gasteiger partial charge is 0.314 e. The van der Waals surface area contributed by atoms with Crippen molar-refractivity contribution < 1.29 is 14.3 Å². The lowest BCUT2D eigenvalue weighted by atomic mass is 9.82. The molecule has 1 aromatic carbocycles. The number of hydrogen-bond acceptors (Lipinski definition) is 4. The minimum Gasteiger partial charge on any atom is -0.490 e. The fourth-order valence-electron chi connectivity index (χ4n) is 2.86. The Morgan fingerprint density at radius 1 is 1.26 bits per heavy atom. The summed E-state index contributed by atoms with van der Waals surface area (Å²) in [6.45, 7) is 3.13. The second kappa shape index (κ2) is 8.41. The van der Waals surface area contributed by atoms with Crippen LogP contribution in [-0.4, -0.2) is 25.1 Å². The van der Waals surface area contributed by atoms with Gasteiger partial charge >= 0.3 is 5.97 Å². The van der Waals surface area contributed by atoms with E-state index >= 15 is 0 Å².